The number of amides is 1. The molecule has 1 fully saturated rings. The number of methoxy groups -OCH3 is 3. The van der Waals surface area contributed by atoms with Crippen LogP contribution < -0.4 is 14.2 Å². The zero-order valence-electron chi connectivity index (χ0n) is 15.4. The minimum atomic E-state index is -0.675. The second kappa shape index (κ2) is 8.74. The van der Waals surface area contributed by atoms with Crippen LogP contribution in [0.4, 0.5) is 0 Å². The molecule has 3 rings (SSSR count). The quantitative estimate of drug-likeness (QED) is 0.652. The van der Waals surface area contributed by atoms with Crippen LogP contribution in [-0.4, -0.2) is 70.7 Å². The highest BCUT2D eigenvalue weighted by atomic mass is 32.2. The van der Waals surface area contributed by atoms with Crippen molar-refractivity contribution in [3.8, 4) is 23.5 Å². The van der Waals surface area contributed by atoms with Gasteiger partial charge in [0.25, 0.3) is 5.91 Å². The smallest absolute Gasteiger partial charge is 0.329 e. The molecule has 1 aliphatic rings. The number of esters is 1. The molecule has 28 heavy (non-hydrogen) atoms. The van der Waals surface area contributed by atoms with Gasteiger partial charge in [0.1, 0.15) is 6.04 Å². The highest BCUT2D eigenvalue weighted by Gasteiger charge is 2.37. The van der Waals surface area contributed by atoms with Crippen molar-refractivity contribution < 1.29 is 28.5 Å². The molecule has 11 heteroatoms. The van der Waals surface area contributed by atoms with Crippen LogP contribution in [0.1, 0.15) is 10.5 Å². The number of nitrogens with zero attached hydrogens (tertiary/aromatic N) is 4. The van der Waals surface area contributed by atoms with Gasteiger partial charge in [0.05, 0.1) is 33.3 Å². The van der Waals surface area contributed by atoms with Gasteiger partial charge >= 0.3 is 12.0 Å². The molecule has 2 aromatic heterocycles. The van der Waals surface area contributed by atoms with E-state index in [0.717, 1.165) is 0 Å². The summed E-state index contributed by atoms with van der Waals surface area (Å²) in [7, 11) is 4.18. The number of rotatable bonds is 6. The number of hydrogen-bond donors (Lipinski definition) is 0. The Morgan fingerprint density at radius 2 is 1.89 bits per heavy atom. The summed E-state index contributed by atoms with van der Waals surface area (Å²) in [6, 6.07) is 3.92. The summed E-state index contributed by atoms with van der Waals surface area (Å²) in [5.41, 5.74) is 0.0317. The number of thioether (sulfide) groups is 1. The number of hydrogen-bond acceptors (Lipinski definition) is 10. The minimum absolute atomic E-state index is 0.0317. The van der Waals surface area contributed by atoms with E-state index < -0.39 is 17.9 Å². The topological polar surface area (TPSA) is 113 Å². The summed E-state index contributed by atoms with van der Waals surface area (Å²) in [4.78, 5) is 38.7. The summed E-state index contributed by atoms with van der Waals surface area (Å²) in [6.45, 7) is 0. The molecule has 0 radical (unpaired) electrons. The number of pyridine rings is 1. The van der Waals surface area contributed by atoms with Gasteiger partial charge in [0, 0.05) is 11.9 Å². The molecule has 0 N–H and O–H groups in total. The number of carbonyl (C=O) groups excluding carboxylic acids is 2. The lowest BCUT2D eigenvalue weighted by molar-refractivity contribution is -0.144. The summed E-state index contributed by atoms with van der Waals surface area (Å²) < 4.78 is 20.6. The van der Waals surface area contributed by atoms with Gasteiger partial charge in [-0.3, -0.25) is 4.79 Å². The molecule has 0 spiro atoms. The van der Waals surface area contributed by atoms with Crippen molar-refractivity contribution in [3.05, 3.63) is 30.1 Å². The van der Waals surface area contributed by atoms with Gasteiger partial charge in [-0.2, -0.15) is 9.97 Å². The van der Waals surface area contributed by atoms with E-state index in [9.17, 15) is 9.59 Å². The van der Waals surface area contributed by atoms with Gasteiger partial charge in [0.15, 0.2) is 11.4 Å². The van der Waals surface area contributed by atoms with Crippen molar-refractivity contribution in [3.63, 3.8) is 0 Å². The van der Waals surface area contributed by atoms with Crippen molar-refractivity contribution in [2.45, 2.75) is 6.04 Å². The van der Waals surface area contributed by atoms with Gasteiger partial charge in [-0.1, -0.05) is 0 Å². The summed E-state index contributed by atoms with van der Waals surface area (Å²) in [6.07, 6.45) is 1.46. The number of carbonyl (C=O) groups is 2. The summed E-state index contributed by atoms with van der Waals surface area (Å²) in [5.74, 6) is 0.489. The Kier molecular flexibility index (Phi) is 6.14. The molecule has 1 atom stereocenters. The Morgan fingerprint density at radius 1 is 1.18 bits per heavy atom. The highest BCUT2D eigenvalue weighted by Crippen LogP contribution is 2.29. The molecule has 1 aliphatic heterocycles. The van der Waals surface area contributed by atoms with E-state index in [1.54, 1.807) is 12.1 Å². The van der Waals surface area contributed by atoms with Crippen molar-refractivity contribution in [1.82, 2.24) is 19.9 Å². The zero-order valence-corrected chi connectivity index (χ0v) is 16.3. The van der Waals surface area contributed by atoms with Gasteiger partial charge < -0.3 is 23.8 Å². The van der Waals surface area contributed by atoms with E-state index >= 15 is 0 Å². The highest BCUT2D eigenvalue weighted by molar-refractivity contribution is 7.99. The van der Waals surface area contributed by atoms with Crippen molar-refractivity contribution in [2.24, 2.45) is 0 Å². The van der Waals surface area contributed by atoms with Crippen LogP contribution in [0.15, 0.2) is 24.4 Å². The fourth-order valence-electron chi connectivity index (χ4n) is 2.48. The standard InChI is InChI=1S/C17H18N4O6S/c1-24-12-7-13(25-2)20-17(19-12)27-11-5-4-6-18-14(11)15(22)21-9-28-8-10(21)16(23)26-3/h4-7,10H,8-9H2,1-3H3/t10-/m1/s1. The second-order valence-corrected chi connectivity index (χ2v) is 6.50. The normalized spacial score (nSPS) is 15.8. The predicted octanol–water partition coefficient (Wildman–Crippen LogP) is 1.37. The first-order valence-electron chi connectivity index (χ1n) is 8.13. The Balaban J connectivity index is 1.89. The van der Waals surface area contributed by atoms with Crippen LogP contribution in [0.25, 0.3) is 0 Å². The first-order valence-corrected chi connectivity index (χ1v) is 9.29. The third kappa shape index (κ3) is 4.09. The molecule has 148 valence electrons. The van der Waals surface area contributed by atoms with Crippen LogP contribution in [0.2, 0.25) is 0 Å². The summed E-state index contributed by atoms with van der Waals surface area (Å²) in [5, 5.41) is 0. The van der Waals surface area contributed by atoms with Gasteiger partial charge in [-0.15, -0.1) is 11.8 Å². The second-order valence-electron chi connectivity index (χ2n) is 5.50. The average Bonchev–Trinajstić information content (AvgIpc) is 3.22. The molecule has 1 amide bonds. The van der Waals surface area contributed by atoms with E-state index in [1.807, 2.05) is 0 Å². The maximum Gasteiger partial charge on any atom is 0.329 e. The molecular formula is C17H18N4O6S. The fraction of sp³-hybridized carbons (Fsp3) is 0.353. The fourth-order valence-corrected chi connectivity index (χ4v) is 3.62. The van der Waals surface area contributed by atoms with Crippen molar-refractivity contribution in [1.29, 1.82) is 0 Å². The van der Waals surface area contributed by atoms with E-state index in [1.165, 1.54) is 50.3 Å². The molecule has 0 saturated carbocycles. The van der Waals surface area contributed by atoms with Crippen LogP contribution in [-0.2, 0) is 9.53 Å². The molecule has 3 heterocycles. The molecule has 1 saturated heterocycles. The van der Waals surface area contributed by atoms with Crippen molar-refractivity contribution in [2.75, 3.05) is 33.0 Å². The number of aromatic nitrogens is 3. The van der Waals surface area contributed by atoms with Crippen molar-refractivity contribution >= 4 is 23.6 Å². The van der Waals surface area contributed by atoms with E-state index in [2.05, 4.69) is 15.0 Å². The maximum absolute atomic E-state index is 13.0. The van der Waals surface area contributed by atoms with Crippen LogP contribution in [0, 0.1) is 0 Å². The SMILES string of the molecule is COC(=O)[C@H]1CSCN1C(=O)c1ncccc1Oc1nc(OC)cc(OC)n1. The van der Waals surface area contributed by atoms with Crippen LogP contribution in [0.3, 0.4) is 0 Å². The average molecular weight is 406 g/mol. The lowest BCUT2D eigenvalue weighted by Crippen LogP contribution is -2.42. The third-order valence-electron chi connectivity index (χ3n) is 3.87. The van der Waals surface area contributed by atoms with Crippen LogP contribution in [0.5, 0.6) is 23.5 Å². The van der Waals surface area contributed by atoms with Gasteiger partial charge in [0.2, 0.25) is 11.8 Å². The van der Waals surface area contributed by atoms with E-state index in [-0.39, 0.29) is 29.2 Å². The zero-order chi connectivity index (χ0) is 20.1. The Bertz CT molecular complexity index is 858. The first-order chi connectivity index (χ1) is 13.6. The monoisotopic (exact) mass is 406 g/mol. The molecule has 0 aliphatic carbocycles. The predicted molar refractivity (Wildman–Crippen MR) is 98.7 cm³/mol. The largest absolute Gasteiger partial charge is 0.481 e. The Labute approximate surface area is 165 Å². The van der Waals surface area contributed by atoms with Crippen LogP contribution >= 0.6 is 11.8 Å². The lowest BCUT2D eigenvalue weighted by atomic mass is 10.2. The molecule has 0 unspecified atom stereocenters. The Morgan fingerprint density at radius 3 is 2.54 bits per heavy atom. The molecule has 2 aromatic rings. The first kappa shape index (κ1) is 19.7. The van der Waals surface area contributed by atoms with E-state index in [0.29, 0.717) is 11.6 Å². The molecule has 10 nitrogen and oxygen atoms in total. The number of ether oxygens (including phenoxy) is 4. The molecule has 0 aromatic carbocycles. The molecule has 0 bridgehead atoms. The Hall–Kier alpha value is -3.08. The molecular weight excluding hydrogens is 388 g/mol. The minimum Gasteiger partial charge on any atom is -0.481 e. The van der Waals surface area contributed by atoms with Gasteiger partial charge in [-0.25, -0.2) is 9.78 Å². The lowest BCUT2D eigenvalue weighted by Gasteiger charge is -2.22. The summed E-state index contributed by atoms with van der Waals surface area (Å²) >= 11 is 1.45. The van der Waals surface area contributed by atoms with Gasteiger partial charge in [-0.05, 0) is 12.1 Å². The maximum atomic E-state index is 13.0. The third-order valence-corrected chi connectivity index (χ3v) is 4.88. The van der Waals surface area contributed by atoms with E-state index in [4.69, 9.17) is 18.9 Å².